The van der Waals surface area contributed by atoms with Gasteiger partial charge in [0.15, 0.2) is 6.29 Å². The third kappa shape index (κ3) is 6.29. The Morgan fingerprint density at radius 3 is 2.44 bits per heavy atom. The summed E-state index contributed by atoms with van der Waals surface area (Å²) in [6.07, 6.45) is 2.62. The van der Waals surface area contributed by atoms with Gasteiger partial charge in [-0.05, 0) is 60.4 Å². The van der Waals surface area contributed by atoms with Crippen LogP contribution in [0.25, 0.3) is 10.8 Å². The summed E-state index contributed by atoms with van der Waals surface area (Å²) in [5.41, 5.74) is 2.40. The van der Waals surface area contributed by atoms with Crippen LogP contribution in [-0.2, 0) is 27.1 Å². The number of halogens is 3. The van der Waals surface area contributed by atoms with E-state index in [4.69, 9.17) is 14.2 Å². The molecule has 0 bridgehead atoms. The van der Waals surface area contributed by atoms with Crippen LogP contribution in [0.1, 0.15) is 35.8 Å². The molecule has 1 aliphatic heterocycles. The van der Waals surface area contributed by atoms with Gasteiger partial charge >= 0.3 is 6.61 Å². The molecule has 0 N–H and O–H groups in total. The minimum Gasteiger partial charge on any atom is -0.435 e. The van der Waals surface area contributed by atoms with Gasteiger partial charge in [-0.25, -0.2) is 4.39 Å². The maximum absolute atomic E-state index is 15.2. The molecular formula is C27H29F3O4. The molecule has 0 unspecified atom stereocenters. The van der Waals surface area contributed by atoms with Crippen molar-refractivity contribution in [1.82, 2.24) is 0 Å². The number of hydrogen-bond donors (Lipinski definition) is 0. The van der Waals surface area contributed by atoms with Gasteiger partial charge in [-0.2, -0.15) is 8.78 Å². The van der Waals surface area contributed by atoms with Gasteiger partial charge < -0.3 is 18.9 Å². The number of aryl methyl sites for hydroxylation is 2. The monoisotopic (exact) mass is 474 g/mol. The molecule has 1 aliphatic rings. The number of ether oxygens (including phenoxy) is 4. The quantitative estimate of drug-likeness (QED) is 0.316. The summed E-state index contributed by atoms with van der Waals surface area (Å²) >= 11 is 0. The zero-order valence-corrected chi connectivity index (χ0v) is 19.1. The Morgan fingerprint density at radius 1 is 0.971 bits per heavy atom. The molecule has 1 heterocycles. The number of rotatable bonds is 10. The lowest BCUT2D eigenvalue weighted by atomic mass is 9.98. The van der Waals surface area contributed by atoms with Crippen molar-refractivity contribution in [1.29, 1.82) is 0 Å². The third-order valence-corrected chi connectivity index (χ3v) is 6.09. The zero-order chi connectivity index (χ0) is 23.9. The van der Waals surface area contributed by atoms with Crippen LogP contribution >= 0.6 is 0 Å². The summed E-state index contributed by atoms with van der Waals surface area (Å²) in [7, 11) is 1.70. The van der Waals surface area contributed by atoms with Crippen molar-refractivity contribution in [3.8, 4) is 5.75 Å². The first-order valence-corrected chi connectivity index (χ1v) is 11.5. The third-order valence-electron chi connectivity index (χ3n) is 6.09. The van der Waals surface area contributed by atoms with E-state index in [-0.39, 0.29) is 11.6 Å². The van der Waals surface area contributed by atoms with Crippen molar-refractivity contribution >= 4 is 10.8 Å². The Labute approximate surface area is 197 Å². The van der Waals surface area contributed by atoms with Crippen molar-refractivity contribution in [3.63, 3.8) is 0 Å². The number of hydrogen-bond acceptors (Lipinski definition) is 4. The van der Waals surface area contributed by atoms with E-state index < -0.39 is 12.9 Å². The molecule has 7 heteroatoms. The predicted molar refractivity (Wildman–Crippen MR) is 124 cm³/mol. The van der Waals surface area contributed by atoms with E-state index in [1.165, 1.54) is 12.1 Å². The molecule has 1 fully saturated rings. The van der Waals surface area contributed by atoms with Gasteiger partial charge in [0, 0.05) is 30.6 Å². The van der Waals surface area contributed by atoms with E-state index in [0.29, 0.717) is 42.9 Å². The van der Waals surface area contributed by atoms with E-state index in [1.54, 1.807) is 31.4 Å². The Kier molecular flexibility index (Phi) is 8.43. The molecule has 4 rings (SSSR count). The molecule has 0 radical (unpaired) electrons. The summed E-state index contributed by atoms with van der Waals surface area (Å²) in [6.45, 7) is -0.845. The number of fused-ring (bicyclic) bond motifs is 1. The Balaban J connectivity index is 1.37. The lowest BCUT2D eigenvalue weighted by Crippen LogP contribution is -2.27. The Hall–Kier alpha value is -2.61. The maximum atomic E-state index is 15.2. The van der Waals surface area contributed by atoms with Crippen LogP contribution in [0.5, 0.6) is 5.75 Å². The average molecular weight is 475 g/mol. The van der Waals surface area contributed by atoms with E-state index in [1.807, 2.05) is 18.2 Å². The Morgan fingerprint density at radius 2 is 1.74 bits per heavy atom. The highest BCUT2D eigenvalue weighted by atomic mass is 19.3. The van der Waals surface area contributed by atoms with Gasteiger partial charge in [0.2, 0.25) is 0 Å². The Bertz CT molecular complexity index is 1060. The largest absolute Gasteiger partial charge is 0.435 e. The molecule has 0 amide bonds. The topological polar surface area (TPSA) is 36.9 Å². The van der Waals surface area contributed by atoms with E-state index in [0.717, 1.165) is 36.0 Å². The summed E-state index contributed by atoms with van der Waals surface area (Å²) in [6, 6.07) is 15.7. The molecule has 0 saturated carbocycles. The molecule has 3 aromatic carbocycles. The summed E-state index contributed by atoms with van der Waals surface area (Å²) < 4.78 is 61.0. The van der Waals surface area contributed by atoms with Crippen LogP contribution in [0.2, 0.25) is 0 Å². The van der Waals surface area contributed by atoms with Crippen molar-refractivity contribution < 1.29 is 32.1 Å². The van der Waals surface area contributed by atoms with Crippen LogP contribution in [0.3, 0.4) is 0 Å². The minimum absolute atomic E-state index is 0.110. The van der Waals surface area contributed by atoms with Crippen LogP contribution < -0.4 is 4.74 Å². The highest BCUT2D eigenvalue weighted by Crippen LogP contribution is 2.31. The van der Waals surface area contributed by atoms with Crippen molar-refractivity contribution in [3.05, 3.63) is 77.1 Å². The fraction of sp³-hybridized carbons (Fsp3) is 0.407. The first kappa shape index (κ1) is 24.5. The normalized spacial score (nSPS) is 18.5. The van der Waals surface area contributed by atoms with Crippen LogP contribution in [0.15, 0.2) is 54.6 Å². The molecule has 0 aromatic heterocycles. The van der Waals surface area contributed by atoms with Crippen LogP contribution in [-0.4, -0.2) is 33.5 Å². The average Bonchev–Trinajstić information content (AvgIpc) is 2.85. The second-order valence-corrected chi connectivity index (χ2v) is 8.54. The first-order valence-electron chi connectivity index (χ1n) is 11.5. The molecule has 34 heavy (non-hydrogen) atoms. The summed E-state index contributed by atoms with van der Waals surface area (Å²) in [4.78, 5) is 0. The highest BCUT2D eigenvalue weighted by Gasteiger charge is 2.23. The smallest absolute Gasteiger partial charge is 0.387 e. The van der Waals surface area contributed by atoms with E-state index >= 15 is 4.39 Å². The van der Waals surface area contributed by atoms with Gasteiger partial charge in [-0.1, -0.05) is 36.4 Å². The van der Waals surface area contributed by atoms with Crippen molar-refractivity contribution in [2.75, 3.05) is 26.9 Å². The first-order chi connectivity index (χ1) is 16.5. The fourth-order valence-corrected chi connectivity index (χ4v) is 4.23. The number of benzene rings is 3. The SMILES string of the molecule is COCCCC1COC(c2ccc3c(F)c(CCc4ccc(OC(F)F)cc4)ccc3c2)OC1. The lowest BCUT2D eigenvalue weighted by Gasteiger charge is -2.29. The second-order valence-electron chi connectivity index (χ2n) is 8.54. The van der Waals surface area contributed by atoms with Crippen LogP contribution in [0, 0.1) is 11.7 Å². The van der Waals surface area contributed by atoms with Gasteiger partial charge in [-0.15, -0.1) is 0 Å². The number of methoxy groups -OCH3 is 1. The molecule has 3 aromatic rings. The molecule has 182 valence electrons. The van der Waals surface area contributed by atoms with E-state index in [2.05, 4.69) is 4.74 Å². The van der Waals surface area contributed by atoms with Gasteiger partial charge in [-0.3, -0.25) is 0 Å². The molecule has 0 atom stereocenters. The molecule has 0 aliphatic carbocycles. The minimum atomic E-state index is -2.85. The standard InChI is InChI=1S/C27H29F3O4/c1-31-14-2-3-19-16-32-26(33-17-19)22-10-13-24-21(15-22)9-8-20(25(24)28)7-4-18-5-11-23(12-6-18)34-27(29)30/h5-6,8-13,15,19,26-27H,2-4,7,14,16-17H2,1H3. The predicted octanol–water partition coefficient (Wildman–Crippen LogP) is 6.45. The van der Waals surface area contributed by atoms with Gasteiger partial charge in [0.25, 0.3) is 0 Å². The summed E-state index contributed by atoms with van der Waals surface area (Å²) in [5, 5.41) is 1.34. The molecular weight excluding hydrogens is 445 g/mol. The fourth-order valence-electron chi connectivity index (χ4n) is 4.23. The van der Waals surface area contributed by atoms with Crippen molar-refractivity contribution in [2.24, 2.45) is 5.92 Å². The van der Waals surface area contributed by atoms with E-state index in [9.17, 15) is 8.78 Å². The van der Waals surface area contributed by atoms with Crippen molar-refractivity contribution in [2.45, 2.75) is 38.6 Å². The molecule has 0 spiro atoms. The van der Waals surface area contributed by atoms with Gasteiger partial charge in [0.1, 0.15) is 11.6 Å². The second kappa shape index (κ2) is 11.7. The lowest BCUT2D eigenvalue weighted by molar-refractivity contribution is -0.206. The summed E-state index contributed by atoms with van der Waals surface area (Å²) in [5.74, 6) is 0.226. The molecule has 4 nitrogen and oxygen atoms in total. The maximum Gasteiger partial charge on any atom is 0.387 e. The molecule has 1 saturated heterocycles. The highest BCUT2D eigenvalue weighted by molar-refractivity contribution is 5.84. The van der Waals surface area contributed by atoms with Crippen LogP contribution in [0.4, 0.5) is 13.2 Å². The van der Waals surface area contributed by atoms with Gasteiger partial charge in [0.05, 0.1) is 13.2 Å². The zero-order valence-electron chi connectivity index (χ0n) is 19.1. The number of alkyl halides is 2.